The van der Waals surface area contributed by atoms with Gasteiger partial charge in [0, 0.05) is 0 Å². The molecule has 0 amide bonds. The number of nitrogens with two attached hydrogens (primary N) is 1. The maximum atomic E-state index is 5.70. The maximum Gasteiger partial charge on any atom is -0.00367 e. The number of hydrogen-bond donors (Lipinski definition) is 1. The molecule has 0 radical (unpaired) electrons. The quantitative estimate of drug-likeness (QED) is 0.841. The second kappa shape index (κ2) is 4.09. The fraction of sp³-hybridized carbons (Fsp3) is 0.647. The summed E-state index contributed by atoms with van der Waals surface area (Å²) in [6, 6.07) is 7.27. The van der Waals surface area contributed by atoms with Crippen molar-refractivity contribution in [2.24, 2.45) is 17.6 Å². The van der Waals surface area contributed by atoms with Gasteiger partial charge in [-0.15, -0.1) is 0 Å². The third-order valence-corrected chi connectivity index (χ3v) is 5.60. The second-order valence-electron chi connectivity index (χ2n) is 6.81. The first-order valence-electron chi connectivity index (χ1n) is 7.66. The minimum Gasteiger partial charge on any atom is -0.330 e. The molecule has 1 nitrogen and oxygen atoms in total. The van der Waals surface area contributed by atoms with Gasteiger partial charge in [-0.3, -0.25) is 0 Å². The van der Waals surface area contributed by atoms with Gasteiger partial charge in [0.1, 0.15) is 0 Å². The lowest BCUT2D eigenvalue weighted by atomic mass is 9.67. The summed E-state index contributed by atoms with van der Waals surface area (Å²) >= 11 is 0. The van der Waals surface area contributed by atoms with E-state index in [1.807, 2.05) is 0 Å². The van der Waals surface area contributed by atoms with Crippen LogP contribution in [-0.2, 0) is 6.42 Å². The van der Waals surface area contributed by atoms with Crippen LogP contribution in [0, 0.1) is 11.8 Å². The molecular weight excluding hydrogens is 218 g/mol. The van der Waals surface area contributed by atoms with Gasteiger partial charge in [0.2, 0.25) is 0 Å². The summed E-state index contributed by atoms with van der Waals surface area (Å²) < 4.78 is 0. The molecule has 18 heavy (non-hydrogen) atoms. The van der Waals surface area contributed by atoms with Crippen molar-refractivity contribution in [3.05, 3.63) is 34.9 Å². The fourth-order valence-corrected chi connectivity index (χ4v) is 5.03. The first kappa shape index (κ1) is 11.0. The average molecular weight is 241 g/mol. The van der Waals surface area contributed by atoms with Gasteiger partial charge in [-0.1, -0.05) is 18.2 Å². The van der Waals surface area contributed by atoms with Crippen molar-refractivity contribution in [3.8, 4) is 0 Å². The van der Waals surface area contributed by atoms with Crippen molar-refractivity contribution < 1.29 is 0 Å². The van der Waals surface area contributed by atoms with E-state index in [0.717, 1.165) is 36.6 Å². The third-order valence-electron chi connectivity index (χ3n) is 5.60. The smallest absolute Gasteiger partial charge is 0.00367 e. The molecule has 96 valence electrons. The van der Waals surface area contributed by atoms with Crippen molar-refractivity contribution in [2.45, 2.75) is 50.4 Å². The summed E-state index contributed by atoms with van der Waals surface area (Å²) in [6.45, 7) is 0.776. The minimum absolute atomic E-state index is 0.776. The third kappa shape index (κ3) is 1.64. The molecule has 1 aromatic rings. The molecule has 4 aliphatic carbocycles. The molecule has 0 aromatic heterocycles. The zero-order valence-electron chi connectivity index (χ0n) is 11.1. The molecule has 4 bridgehead atoms. The molecule has 0 spiro atoms. The van der Waals surface area contributed by atoms with Gasteiger partial charge in [0.05, 0.1) is 0 Å². The van der Waals surface area contributed by atoms with Crippen LogP contribution in [0.1, 0.15) is 60.6 Å². The Balaban J connectivity index is 1.79. The van der Waals surface area contributed by atoms with E-state index in [1.165, 1.54) is 37.7 Å². The highest BCUT2D eigenvalue weighted by atomic mass is 14.5. The molecular formula is C17H23N. The Morgan fingerprint density at radius 3 is 2.22 bits per heavy atom. The Labute approximate surface area is 110 Å². The van der Waals surface area contributed by atoms with E-state index >= 15 is 0 Å². The van der Waals surface area contributed by atoms with E-state index in [1.54, 1.807) is 11.1 Å². The molecule has 1 aromatic carbocycles. The van der Waals surface area contributed by atoms with Gasteiger partial charge in [-0.2, -0.15) is 0 Å². The van der Waals surface area contributed by atoms with Crippen molar-refractivity contribution in [3.63, 3.8) is 0 Å². The van der Waals surface area contributed by atoms with Crippen LogP contribution in [0.4, 0.5) is 0 Å². The van der Waals surface area contributed by atoms with Crippen LogP contribution in [0.3, 0.4) is 0 Å². The largest absolute Gasteiger partial charge is 0.330 e. The molecule has 0 heterocycles. The monoisotopic (exact) mass is 241 g/mol. The molecule has 4 aliphatic rings. The Bertz CT molecular complexity index is 451. The van der Waals surface area contributed by atoms with Gasteiger partial charge in [0.15, 0.2) is 0 Å². The van der Waals surface area contributed by atoms with Crippen molar-refractivity contribution >= 4 is 0 Å². The van der Waals surface area contributed by atoms with Crippen LogP contribution in [0.25, 0.3) is 0 Å². The maximum absolute atomic E-state index is 5.70. The lowest BCUT2D eigenvalue weighted by molar-refractivity contribution is 0.166. The Morgan fingerprint density at radius 2 is 1.56 bits per heavy atom. The first-order valence-corrected chi connectivity index (χ1v) is 7.66. The lowest BCUT2D eigenvalue weighted by Crippen LogP contribution is -2.25. The molecule has 2 N–H and O–H groups in total. The lowest BCUT2D eigenvalue weighted by Gasteiger charge is -2.38. The summed E-state index contributed by atoms with van der Waals surface area (Å²) in [6.07, 6.45) is 8.43. The zero-order valence-corrected chi connectivity index (χ0v) is 11.1. The Morgan fingerprint density at radius 1 is 0.889 bits per heavy atom. The molecule has 2 saturated carbocycles. The van der Waals surface area contributed by atoms with E-state index in [4.69, 9.17) is 5.73 Å². The SMILES string of the molecule is NCCc1ccc2c(c1)C1C[C@@H]3CC2C[C@@H](C1)C3. The molecule has 0 aliphatic heterocycles. The Hall–Kier alpha value is -0.820. The Kier molecular flexibility index (Phi) is 2.51. The van der Waals surface area contributed by atoms with Crippen molar-refractivity contribution in [1.82, 2.24) is 0 Å². The molecule has 2 fully saturated rings. The summed E-state index contributed by atoms with van der Waals surface area (Å²) in [7, 11) is 0. The van der Waals surface area contributed by atoms with Crippen molar-refractivity contribution in [1.29, 1.82) is 0 Å². The molecule has 1 heteroatoms. The highest BCUT2D eigenvalue weighted by Crippen LogP contribution is 2.56. The first-order chi connectivity index (χ1) is 8.83. The van der Waals surface area contributed by atoms with Crippen LogP contribution in [-0.4, -0.2) is 6.54 Å². The van der Waals surface area contributed by atoms with E-state index in [9.17, 15) is 0 Å². The fourth-order valence-electron chi connectivity index (χ4n) is 5.03. The number of hydrogen-bond acceptors (Lipinski definition) is 1. The van der Waals surface area contributed by atoms with Gasteiger partial charge in [0.25, 0.3) is 0 Å². The minimum atomic E-state index is 0.776. The summed E-state index contributed by atoms with van der Waals surface area (Å²) in [5.74, 6) is 3.80. The van der Waals surface area contributed by atoms with Crippen LogP contribution < -0.4 is 5.73 Å². The highest BCUT2D eigenvalue weighted by molar-refractivity contribution is 5.40. The van der Waals surface area contributed by atoms with Gasteiger partial charge >= 0.3 is 0 Å². The highest BCUT2D eigenvalue weighted by Gasteiger charge is 2.41. The molecule has 5 rings (SSSR count). The second-order valence-corrected chi connectivity index (χ2v) is 6.81. The standard InChI is InChI=1S/C17H23N/c18-4-3-11-1-2-16-14-6-12-5-13(7-14)9-15(8-12)17(16)10-11/h1-2,10,12-15H,3-9,18H2/t12-,13-,14?,15?/m0/s1. The predicted molar refractivity (Wildman–Crippen MR) is 74.7 cm³/mol. The summed E-state index contributed by atoms with van der Waals surface area (Å²) in [5.41, 5.74) is 10.6. The van der Waals surface area contributed by atoms with Crippen LogP contribution in [0.5, 0.6) is 0 Å². The van der Waals surface area contributed by atoms with E-state index in [-0.39, 0.29) is 0 Å². The van der Waals surface area contributed by atoms with Gasteiger partial charge in [-0.25, -0.2) is 0 Å². The van der Waals surface area contributed by atoms with E-state index in [2.05, 4.69) is 18.2 Å². The van der Waals surface area contributed by atoms with Crippen LogP contribution in [0.15, 0.2) is 18.2 Å². The summed E-state index contributed by atoms with van der Waals surface area (Å²) in [4.78, 5) is 0. The molecule has 0 unspecified atom stereocenters. The van der Waals surface area contributed by atoms with Crippen LogP contribution >= 0.6 is 0 Å². The topological polar surface area (TPSA) is 26.0 Å². The molecule has 0 saturated heterocycles. The van der Waals surface area contributed by atoms with Crippen LogP contribution in [0.2, 0.25) is 0 Å². The predicted octanol–water partition coefficient (Wildman–Crippen LogP) is 3.58. The zero-order chi connectivity index (χ0) is 12.1. The number of rotatable bonds is 2. The summed E-state index contributed by atoms with van der Waals surface area (Å²) in [5, 5.41) is 0. The van der Waals surface area contributed by atoms with E-state index in [0.29, 0.717) is 0 Å². The van der Waals surface area contributed by atoms with Gasteiger partial charge < -0.3 is 5.73 Å². The van der Waals surface area contributed by atoms with Crippen molar-refractivity contribution in [2.75, 3.05) is 6.54 Å². The van der Waals surface area contributed by atoms with Gasteiger partial charge in [-0.05, 0) is 85.4 Å². The molecule has 2 atom stereocenters. The normalized spacial score (nSPS) is 36.5. The average Bonchev–Trinajstić information content (AvgIpc) is 2.53. The van der Waals surface area contributed by atoms with E-state index < -0.39 is 0 Å². The number of benzene rings is 1.